The van der Waals surface area contributed by atoms with Crippen LogP contribution in [0.3, 0.4) is 0 Å². The highest BCUT2D eigenvalue weighted by atomic mass is 35.5. The molecule has 0 aromatic heterocycles. The molecule has 0 atom stereocenters. The van der Waals surface area contributed by atoms with E-state index in [0.717, 1.165) is 205 Å². The van der Waals surface area contributed by atoms with Gasteiger partial charge in [-0.1, -0.05) is 253 Å². The molecule has 0 fully saturated rings. The average Bonchev–Trinajstić information content (AvgIpc) is 2.12. The maximum atomic E-state index is 13.2. The summed E-state index contributed by atoms with van der Waals surface area (Å²) in [5.74, 6) is -3.48. The van der Waals surface area contributed by atoms with E-state index in [1.165, 1.54) is 77.0 Å². The van der Waals surface area contributed by atoms with E-state index in [0.29, 0.717) is 0 Å². The monoisotopic (exact) mass is 1430 g/mol. The molecular weight excluding hydrogens is 1290 g/mol. The van der Waals surface area contributed by atoms with Gasteiger partial charge in [0.15, 0.2) is 0 Å². The molecular formula is C87H148ClNO12. The first-order chi connectivity index (χ1) is 49.6. The van der Waals surface area contributed by atoms with E-state index in [9.17, 15) is 28.8 Å². The van der Waals surface area contributed by atoms with E-state index in [2.05, 4.69) is 125 Å². The predicted molar refractivity (Wildman–Crippen MR) is 422 cm³/mol. The lowest BCUT2D eigenvalue weighted by molar-refractivity contribution is -0.156. The summed E-state index contributed by atoms with van der Waals surface area (Å²) in [6.45, 7) is 8.85. The zero-order valence-electron chi connectivity index (χ0n) is 64.8. The number of esters is 6. The van der Waals surface area contributed by atoms with Gasteiger partial charge in [0.05, 0.1) is 30.7 Å². The van der Waals surface area contributed by atoms with Crippen molar-refractivity contribution < 1.29 is 57.2 Å². The molecule has 0 aliphatic carbocycles. The topological polar surface area (TPSA) is 161 Å². The van der Waals surface area contributed by atoms with Gasteiger partial charge in [-0.15, -0.1) is 11.6 Å². The normalized spacial score (nSPS) is 12.2. The van der Waals surface area contributed by atoms with Crippen LogP contribution in [0.25, 0.3) is 0 Å². The van der Waals surface area contributed by atoms with E-state index in [4.69, 9.17) is 40.0 Å². The minimum absolute atomic E-state index is 0.0309. The third-order valence-corrected chi connectivity index (χ3v) is 18.0. The van der Waals surface area contributed by atoms with Crippen LogP contribution < -0.4 is 0 Å². The number of carbonyl (C=O) groups excluding carboxylic acids is 6. The number of hydrogen-bond donors (Lipinski definition) is 0. The van der Waals surface area contributed by atoms with Gasteiger partial charge in [-0.2, -0.15) is 0 Å². The highest BCUT2D eigenvalue weighted by Crippen LogP contribution is 2.16. The van der Waals surface area contributed by atoms with Crippen molar-refractivity contribution in [2.75, 3.05) is 58.7 Å². The third-order valence-electron chi connectivity index (χ3n) is 17.6. The number of rotatable bonds is 75. The Hall–Kier alpha value is -5.01. The highest BCUT2D eigenvalue weighted by molar-refractivity contribution is 6.17. The fourth-order valence-corrected chi connectivity index (χ4v) is 11.3. The number of ether oxygens (including phenoxy) is 6. The van der Waals surface area contributed by atoms with Crippen molar-refractivity contribution in [2.24, 2.45) is 11.8 Å². The Labute approximate surface area is 622 Å². The second kappa shape index (κ2) is 79.1. The second-order valence-corrected chi connectivity index (χ2v) is 27.7. The van der Waals surface area contributed by atoms with E-state index in [-0.39, 0.29) is 121 Å². The van der Waals surface area contributed by atoms with Crippen molar-refractivity contribution in [1.82, 2.24) is 4.90 Å². The number of nitrogens with zero attached hydrogens (tertiary/aromatic N) is 1. The lowest BCUT2D eigenvalue weighted by Crippen LogP contribution is -2.31. The van der Waals surface area contributed by atoms with Crippen LogP contribution in [-0.4, -0.2) is 99.5 Å². The standard InChI is InChI=1S/C87H148ClNO12/c1-5-9-13-17-21-25-29-33-37-41-45-49-53-57-61-65-82(90)96-73-80(74-97-83(91)66-62-58-54-50-46-42-38-34-30-26-22-18-14-10-6-2)77-100-86(94)69-71-89(79-88)72-70-87(95)101-78-81(75-98-84(92)67-63-59-55-51-47-43-39-35-31-27-23-19-15-11-7-3)76-99-85(93)68-64-60-56-52-48-44-40-36-32-28-24-20-16-12-8-4/h21-28,33-40,80-81H,5-20,29-32,41-79H2,1-4H3/b25-21-,26-22-,27-23-,28-24-,37-33-,38-34-,39-35-,40-36-. The number of alkyl halides is 1. The molecule has 0 aliphatic heterocycles. The van der Waals surface area contributed by atoms with Gasteiger partial charge in [-0.05, 0) is 154 Å². The van der Waals surface area contributed by atoms with Crippen molar-refractivity contribution in [2.45, 2.75) is 349 Å². The molecule has 0 aromatic rings. The first-order valence-corrected chi connectivity index (χ1v) is 41.5. The van der Waals surface area contributed by atoms with Gasteiger partial charge >= 0.3 is 35.8 Å². The largest absolute Gasteiger partial charge is 0.465 e. The van der Waals surface area contributed by atoms with Crippen LogP contribution in [0.2, 0.25) is 0 Å². The molecule has 0 radical (unpaired) electrons. The number of halogens is 1. The first-order valence-electron chi connectivity index (χ1n) is 41.0. The zero-order valence-corrected chi connectivity index (χ0v) is 65.6. The van der Waals surface area contributed by atoms with Gasteiger partial charge < -0.3 is 28.4 Å². The minimum atomic E-state index is -0.554. The van der Waals surface area contributed by atoms with Crippen molar-refractivity contribution in [3.05, 3.63) is 97.2 Å². The van der Waals surface area contributed by atoms with Crippen molar-refractivity contribution >= 4 is 47.4 Å². The summed E-state index contributed by atoms with van der Waals surface area (Å²) >= 11 is 6.31. The lowest BCUT2D eigenvalue weighted by Gasteiger charge is -2.20. The van der Waals surface area contributed by atoms with Crippen LogP contribution in [-0.2, 0) is 57.2 Å². The van der Waals surface area contributed by atoms with Crippen LogP contribution in [0, 0.1) is 11.8 Å². The summed E-state index contributed by atoms with van der Waals surface area (Å²) in [4.78, 5) is 79.7. The number of unbranched alkanes of at least 4 members (excludes halogenated alkanes) is 32. The molecule has 14 heteroatoms. The van der Waals surface area contributed by atoms with Gasteiger partial charge in [0.2, 0.25) is 0 Å². The molecule has 0 N–H and O–H groups in total. The molecule has 0 rings (SSSR count). The molecule has 0 aromatic carbocycles. The molecule has 580 valence electrons. The fourth-order valence-electron chi connectivity index (χ4n) is 11.0. The Morgan fingerprint density at radius 3 is 0.624 bits per heavy atom. The van der Waals surface area contributed by atoms with E-state index < -0.39 is 23.8 Å². The maximum absolute atomic E-state index is 13.2. The molecule has 13 nitrogen and oxygen atoms in total. The quantitative estimate of drug-likeness (QED) is 0.0141. The number of carbonyl (C=O) groups is 6. The number of allylic oxidation sites excluding steroid dienone is 16. The summed E-state index contributed by atoms with van der Waals surface area (Å²) in [6, 6.07) is 0.0381. The van der Waals surface area contributed by atoms with Crippen molar-refractivity contribution in [1.29, 1.82) is 0 Å². The van der Waals surface area contributed by atoms with Crippen LogP contribution in [0.5, 0.6) is 0 Å². The Balaban J connectivity index is 5.29. The van der Waals surface area contributed by atoms with Crippen LogP contribution >= 0.6 is 11.6 Å². The smallest absolute Gasteiger partial charge is 0.307 e. The molecule has 0 saturated carbocycles. The molecule has 0 spiro atoms. The summed E-state index contributed by atoms with van der Waals surface area (Å²) in [5, 5.41) is 0. The number of hydrogen-bond acceptors (Lipinski definition) is 13. The minimum Gasteiger partial charge on any atom is -0.465 e. The third kappa shape index (κ3) is 74.5. The van der Waals surface area contributed by atoms with Crippen LogP contribution in [0.1, 0.15) is 349 Å². The zero-order chi connectivity index (χ0) is 73.5. The summed E-state index contributed by atoms with van der Waals surface area (Å²) < 4.78 is 34.0. The lowest BCUT2D eigenvalue weighted by atomic mass is 10.1. The SMILES string of the molecule is CCCCC/C=C\C/C=C\CCCCCCCC(=O)OCC(COC(=O)CCCCCCC/C=C\C/C=C\CCCCC)COC(=O)CCN(CCl)CCC(=O)OCC(COC(=O)CCCCCCC/C=C\C/C=C\CCCCC)COC(=O)CCCCCCC/C=C\C/C=C\CCCCC. The average molecular weight is 1440 g/mol. The van der Waals surface area contributed by atoms with E-state index >= 15 is 0 Å². The van der Waals surface area contributed by atoms with Gasteiger partial charge in [0.25, 0.3) is 0 Å². The van der Waals surface area contributed by atoms with Gasteiger partial charge in [0, 0.05) is 38.8 Å². The van der Waals surface area contributed by atoms with Crippen molar-refractivity contribution in [3.8, 4) is 0 Å². The highest BCUT2D eigenvalue weighted by Gasteiger charge is 2.21. The second-order valence-electron chi connectivity index (χ2n) is 27.5. The summed E-state index contributed by atoms with van der Waals surface area (Å²) in [5.41, 5.74) is 0. The Morgan fingerprint density at radius 1 is 0.248 bits per heavy atom. The first kappa shape index (κ1) is 96.0. The molecule has 0 bridgehead atoms. The molecule has 0 unspecified atom stereocenters. The molecule has 0 saturated heterocycles. The Kier molecular flexibility index (Phi) is 75.2. The predicted octanol–water partition coefficient (Wildman–Crippen LogP) is 24.0. The summed E-state index contributed by atoms with van der Waals surface area (Å²) in [6.07, 6.45) is 84.9. The Morgan fingerprint density at radius 2 is 0.426 bits per heavy atom. The van der Waals surface area contributed by atoms with Gasteiger partial charge in [-0.3, -0.25) is 33.7 Å². The van der Waals surface area contributed by atoms with Crippen molar-refractivity contribution in [3.63, 3.8) is 0 Å². The van der Waals surface area contributed by atoms with Gasteiger partial charge in [0.1, 0.15) is 39.6 Å². The van der Waals surface area contributed by atoms with Crippen LogP contribution in [0.15, 0.2) is 97.2 Å². The van der Waals surface area contributed by atoms with E-state index in [1.807, 2.05) is 0 Å². The van der Waals surface area contributed by atoms with Crippen LogP contribution in [0.4, 0.5) is 0 Å². The Bertz CT molecular complexity index is 1910. The molecule has 0 heterocycles. The van der Waals surface area contributed by atoms with Gasteiger partial charge in [-0.25, -0.2) is 0 Å². The summed E-state index contributed by atoms with van der Waals surface area (Å²) in [7, 11) is 0. The van der Waals surface area contributed by atoms with E-state index in [1.54, 1.807) is 4.90 Å². The maximum Gasteiger partial charge on any atom is 0.307 e. The molecule has 0 aliphatic rings. The fraction of sp³-hybridized carbons (Fsp3) is 0.747. The molecule has 101 heavy (non-hydrogen) atoms. The molecule has 0 amide bonds.